The second-order valence-electron chi connectivity index (χ2n) is 5.58. The van der Waals surface area contributed by atoms with Gasteiger partial charge in [-0.3, -0.25) is 4.79 Å². The van der Waals surface area contributed by atoms with Crippen LogP contribution in [0.25, 0.3) is 0 Å². The van der Waals surface area contributed by atoms with Crippen LogP contribution < -0.4 is 5.32 Å². The smallest absolute Gasteiger partial charge is 0.367 e. The number of halogens is 3. The van der Waals surface area contributed by atoms with Gasteiger partial charge in [0.25, 0.3) is 5.91 Å². The molecular weight excluding hydrogens is 319 g/mol. The number of carbonyl (C=O) groups is 1. The molecule has 0 saturated heterocycles. The summed E-state index contributed by atoms with van der Waals surface area (Å²) in [7, 11) is 0. The Morgan fingerprint density at radius 1 is 1.08 bits per heavy atom. The molecule has 0 radical (unpaired) electrons. The van der Waals surface area contributed by atoms with Gasteiger partial charge in [-0.05, 0) is 48.7 Å². The minimum Gasteiger partial charge on any atom is -0.367 e. The van der Waals surface area contributed by atoms with Crippen molar-refractivity contribution in [1.82, 2.24) is 0 Å². The molecule has 0 unspecified atom stereocenters. The normalized spacial score (nSPS) is 11.4. The summed E-state index contributed by atoms with van der Waals surface area (Å²) < 4.78 is 40.6. The first kappa shape index (κ1) is 18.0. The van der Waals surface area contributed by atoms with E-state index in [4.69, 9.17) is 0 Å². The number of rotatable bonds is 5. The van der Waals surface area contributed by atoms with Gasteiger partial charge in [0.15, 0.2) is 0 Å². The lowest BCUT2D eigenvalue weighted by Crippen LogP contribution is -2.16. The molecular formula is C18H18F3NO2. The number of hydrogen-bond acceptors (Lipinski definition) is 2. The van der Waals surface area contributed by atoms with E-state index in [1.165, 1.54) is 0 Å². The van der Waals surface area contributed by atoms with E-state index in [0.717, 1.165) is 16.8 Å². The molecule has 0 fully saturated rings. The number of benzene rings is 2. The van der Waals surface area contributed by atoms with Crippen LogP contribution in [0.5, 0.6) is 0 Å². The van der Waals surface area contributed by atoms with Gasteiger partial charge in [-0.2, -0.15) is 13.2 Å². The molecule has 0 bridgehead atoms. The van der Waals surface area contributed by atoms with E-state index in [9.17, 15) is 18.0 Å². The summed E-state index contributed by atoms with van der Waals surface area (Å²) in [6.45, 7) is 2.39. The number of nitrogens with one attached hydrogen (secondary N) is 1. The lowest BCUT2D eigenvalue weighted by atomic mass is 10.1. The topological polar surface area (TPSA) is 38.3 Å². The molecule has 3 nitrogen and oxygen atoms in total. The van der Waals surface area contributed by atoms with Crippen molar-refractivity contribution in [2.75, 3.05) is 11.9 Å². The number of hydrogen-bond donors (Lipinski definition) is 1. The molecule has 2 aromatic rings. The van der Waals surface area contributed by atoms with Crippen LogP contribution in [0.1, 0.15) is 27.0 Å². The summed E-state index contributed by atoms with van der Waals surface area (Å²) in [6.07, 6.45) is -4.34. The largest absolute Gasteiger partial charge is 0.411 e. The third-order valence-corrected chi connectivity index (χ3v) is 3.39. The van der Waals surface area contributed by atoms with Crippen molar-refractivity contribution in [3.05, 3.63) is 64.7 Å². The van der Waals surface area contributed by atoms with Crippen molar-refractivity contribution in [2.45, 2.75) is 26.6 Å². The molecule has 0 spiro atoms. The van der Waals surface area contributed by atoms with Crippen molar-refractivity contribution in [2.24, 2.45) is 0 Å². The lowest BCUT2D eigenvalue weighted by molar-refractivity contribution is -0.176. The van der Waals surface area contributed by atoms with Gasteiger partial charge in [0.05, 0.1) is 6.61 Å². The molecule has 128 valence electrons. The minimum atomic E-state index is -4.34. The highest BCUT2D eigenvalue weighted by molar-refractivity contribution is 6.04. The molecule has 0 aliphatic carbocycles. The van der Waals surface area contributed by atoms with Gasteiger partial charge in [0.1, 0.15) is 6.61 Å². The van der Waals surface area contributed by atoms with Crippen LogP contribution in [0.4, 0.5) is 18.9 Å². The molecule has 24 heavy (non-hydrogen) atoms. The lowest BCUT2D eigenvalue weighted by Gasteiger charge is -2.10. The fourth-order valence-corrected chi connectivity index (χ4v) is 2.10. The molecule has 0 aliphatic rings. The summed E-state index contributed by atoms with van der Waals surface area (Å²) >= 11 is 0. The number of alkyl halides is 3. The van der Waals surface area contributed by atoms with Crippen LogP contribution in [0.15, 0.2) is 42.5 Å². The van der Waals surface area contributed by atoms with Crippen molar-refractivity contribution in [1.29, 1.82) is 0 Å². The zero-order valence-electron chi connectivity index (χ0n) is 13.4. The summed E-state index contributed by atoms with van der Waals surface area (Å²) in [6, 6.07) is 12.0. The molecule has 2 rings (SSSR count). The second kappa shape index (κ2) is 7.49. The zero-order chi connectivity index (χ0) is 17.7. The highest BCUT2D eigenvalue weighted by atomic mass is 19.4. The first-order valence-corrected chi connectivity index (χ1v) is 7.36. The van der Waals surface area contributed by atoms with Gasteiger partial charge >= 0.3 is 6.18 Å². The Hall–Kier alpha value is -2.34. The maximum absolute atomic E-state index is 12.2. The van der Waals surface area contributed by atoms with Crippen molar-refractivity contribution in [3.8, 4) is 0 Å². The van der Waals surface area contributed by atoms with Crippen LogP contribution >= 0.6 is 0 Å². The number of aryl methyl sites for hydroxylation is 2. The molecule has 0 aromatic heterocycles. The van der Waals surface area contributed by atoms with Gasteiger partial charge in [-0.1, -0.05) is 24.3 Å². The van der Waals surface area contributed by atoms with Crippen molar-refractivity contribution < 1.29 is 22.7 Å². The van der Waals surface area contributed by atoms with E-state index >= 15 is 0 Å². The van der Waals surface area contributed by atoms with Gasteiger partial charge in [0, 0.05) is 11.3 Å². The third-order valence-electron chi connectivity index (χ3n) is 3.39. The summed E-state index contributed by atoms with van der Waals surface area (Å²) in [4.78, 5) is 12.2. The van der Waals surface area contributed by atoms with E-state index in [0.29, 0.717) is 11.1 Å². The van der Waals surface area contributed by atoms with Gasteiger partial charge in [0.2, 0.25) is 0 Å². The SMILES string of the molecule is Cc1ccc(C)c(NC(=O)c2ccc(COCC(F)(F)F)cc2)c1. The average molecular weight is 337 g/mol. The number of carbonyl (C=O) groups excluding carboxylic acids is 1. The van der Waals surface area contributed by atoms with E-state index in [-0.39, 0.29) is 12.5 Å². The molecule has 1 amide bonds. The van der Waals surface area contributed by atoms with Crippen LogP contribution in [0.3, 0.4) is 0 Å². The van der Waals surface area contributed by atoms with Gasteiger partial charge < -0.3 is 10.1 Å². The second-order valence-corrected chi connectivity index (χ2v) is 5.58. The Bertz CT molecular complexity index is 709. The van der Waals surface area contributed by atoms with Crippen LogP contribution in [0, 0.1) is 13.8 Å². The maximum Gasteiger partial charge on any atom is 0.411 e. The monoisotopic (exact) mass is 337 g/mol. The Morgan fingerprint density at radius 3 is 2.38 bits per heavy atom. The predicted molar refractivity (Wildman–Crippen MR) is 86.0 cm³/mol. The van der Waals surface area contributed by atoms with E-state index in [1.807, 2.05) is 32.0 Å². The Kier molecular flexibility index (Phi) is 5.62. The average Bonchev–Trinajstić information content (AvgIpc) is 2.50. The van der Waals surface area contributed by atoms with Gasteiger partial charge in [-0.15, -0.1) is 0 Å². The summed E-state index contributed by atoms with van der Waals surface area (Å²) in [5.74, 6) is -0.272. The molecule has 0 saturated carbocycles. The summed E-state index contributed by atoms with van der Waals surface area (Å²) in [5, 5.41) is 2.83. The Labute approximate surface area is 138 Å². The number of ether oxygens (including phenoxy) is 1. The van der Waals surface area contributed by atoms with E-state index < -0.39 is 12.8 Å². The van der Waals surface area contributed by atoms with Crippen molar-refractivity contribution in [3.63, 3.8) is 0 Å². The first-order chi connectivity index (χ1) is 11.2. The highest BCUT2D eigenvalue weighted by Crippen LogP contribution is 2.18. The zero-order valence-corrected chi connectivity index (χ0v) is 13.4. The minimum absolute atomic E-state index is 0.154. The highest BCUT2D eigenvalue weighted by Gasteiger charge is 2.27. The molecule has 6 heteroatoms. The van der Waals surface area contributed by atoms with E-state index in [1.54, 1.807) is 24.3 Å². The van der Waals surface area contributed by atoms with Crippen molar-refractivity contribution >= 4 is 11.6 Å². The third kappa shape index (κ3) is 5.38. The number of amides is 1. The fraction of sp³-hybridized carbons (Fsp3) is 0.278. The molecule has 0 atom stereocenters. The standard InChI is InChI=1S/C18H18F3NO2/c1-12-3-4-13(2)16(9-12)22-17(23)15-7-5-14(6-8-15)10-24-11-18(19,20)21/h3-9H,10-11H2,1-2H3,(H,22,23). The fourth-order valence-electron chi connectivity index (χ4n) is 2.10. The predicted octanol–water partition coefficient (Wildman–Crippen LogP) is 4.63. The van der Waals surface area contributed by atoms with E-state index in [2.05, 4.69) is 10.1 Å². The van der Waals surface area contributed by atoms with Crippen LogP contribution in [-0.4, -0.2) is 18.7 Å². The Balaban J connectivity index is 1.97. The molecule has 0 aliphatic heterocycles. The van der Waals surface area contributed by atoms with Crippen LogP contribution in [-0.2, 0) is 11.3 Å². The quantitative estimate of drug-likeness (QED) is 0.863. The first-order valence-electron chi connectivity index (χ1n) is 7.36. The molecule has 1 N–H and O–H groups in total. The number of anilines is 1. The Morgan fingerprint density at radius 2 is 1.75 bits per heavy atom. The molecule has 0 heterocycles. The maximum atomic E-state index is 12.2. The summed E-state index contributed by atoms with van der Waals surface area (Å²) in [5.41, 5.74) is 3.72. The van der Waals surface area contributed by atoms with Gasteiger partial charge in [-0.25, -0.2) is 0 Å². The molecule has 2 aromatic carbocycles. The van der Waals surface area contributed by atoms with Crippen LogP contribution in [0.2, 0.25) is 0 Å².